The first-order chi connectivity index (χ1) is 14.6. The normalized spacial score (nSPS) is 12.2. The predicted molar refractivity (Wildman–Crippen MR) is 113 cm³/mol. The highest BCUT2D eigenvalue weighted by atomic mass is 16.7. The molecule has 0 fully saturated rings. The molecule has 1 aliphatic heterocycles. The van der Waals surface area contributed by atoms with Crippen LogP contribution in [0.4, 0.5) is 5.69 Å². The molecule has 4 aromatic rings. The summed E-state index contributed by atoms with van der Waals surface area (Å²) in [6.07, 6.45) is 0. The smallest absolute Gasteiger partial charge is 0.265 e. The van der Waals surface area contributed by atoms with Gasteiger partial charge in [-0.1, -0.05) is 12.1 Å². The van der Waals surface area contributed by atoms with Crippen LogP contribution in [0, 0.1) is 6.92 Å². The Balaban J connectivity index is 1.43. The number of hydrogen-bond donors (Lipinski definition) is 1. The van der Waals surface area contributed by atoms with Crippen LogP contribution in [0.25, 0.3) is 16.6 Å². The molecule has 0 bridgehead atoms. The number of anilines is 1. The second-order valence-electron chi connectivity index (χ2n) is 6.89. The van der Waals surface area contributed by atoms with E-state index in [1.54, 1.807) is 60.0 Å². The fourth-order valence-corrected chi connectivity index (χ4v) is 3.49. The molecular formula is C23H17N3O4. The van der Waals surface area contributed by atoms with Crippen molar-refractivity contribution in [2.45, 2.75) is 6.92 Å². The van der Waals surface area contributed by atoms with Crippen LogP contribution in [0.3, 0.4) is 0 Å². The zero-order chi connectivity index (χ0) is 20.7. The van der Waals surface area contributed by atoms with Crippen LogP contribution in [0.15, 0.2) is 71.5 Å². The molecule has 0 spiro atoms. The van der Waals surface area contributed by atoms with Gasteiger partial charge in [-0.3, -0.25) is 14.2 Å². The van der Waals surface area contributed by atoms with Crippen molar-refractivity contribution in [1.82, 2.24) is 9.55 Å². The molecule has 7 nitrogen and oxygen atoms in total. The molecule has 1 aliphatic rings. The Hall–Kier alpha value is -4.13. The van der Waals surface area contributed by atoms with Gasteiger partial charge >= 0.3 is 0 Å². The third kappa shape index (κ3) is 3.06. The lowest BCUT2D eigenvalue weighted by atomic mass is 10.1. The van der Waals surface area contributed by atoms with Crippen molar-refractivity contribution >= 4 is 22.5 Å². The van der Waals surface area contributed by atoms with E-state index in [0.29, 0.717) is 45.2 Å². The molecule has 0 saturated heterocycles. The Morgan fingerprint density at radius 3 is 2.60 bits per heavy atom. The van der Waals surface area contributed by atoms with Gasteiger partial charge in [0.15, 0.2) is 11.5 Å². The summed E-state index contributed by atoms with van der Waals surface area (Å²) in [6.45, 7) is 1.96. The van der Waals surface area contributed by atoms with E-state index in [1.807, 2.05) is 18.2 Å². The number of nitrogens with zero attached hydrogens (tertiary/aromatic N) is 2. The van der Waals surface area contributed by atoms with Gasteiger partial charge in [0.25, 0.3) is 11.5 Å². The highest BCUT2D eigenvalue weighted by molar-refractivity contribution is 6.04. The molecule has 0 radical (unpaired) electrons. The van der Waals surface area contributed by atoms with Crippen LogP contribution >= 0.6 is 0 Å². The number of nitrogens with one attached hydrogen (secondary N) is 1. The van der Waals surface area contributed by atoms with Crippen molar-refractivity contribution < 1.29 is 14.3 Å². The topological polar surface area (TPSA) is 82.5 Å². The maximum atomic E-state index is 12.9. The summed E-state index contributed by atoms with van der Waals surface area (Å²) >= 11 is 0. The number of aromatic nitrogens is 2. The fraction of sp³-hybridized carbons (Fsp3) is 0.0870. The largest absolute Gasteiger partial charge is 0.454 e. The first kappa shape index (κ1) is 17.9. The quantitative estimate of drug-likeness (QED) is 0.568. The van der Waals surface area contributed by atoms with Gasteiger partial charge in [-0.15, -0.1) is 0 Å². The van der Waals surface area contributed by atoms with Crippen molar-refractivity contribution in [3.63, 3.8) is 0 Å². The van der Waals surface area contributed by atoms with Gasteiger partial charge in [-0.05, 0) is 55.5 Å². The number of carbonyl (C=O) groups is 1. The Kier molecular flexibility index (Phi) is 4.21. The number of ether oxygens (including phenoxy) is 2. The number of carbonyl (C=O) groups excluding carboxylic acids is 1. The SMILES string of the molecule is Cc1nc2ccccc2c(=O)n1-c1ccc(C(=O)Nc2ccc3c(c2)OCO3)cc1. The van der Waals surface area contributed by atoms with E-state index in [4.69, 9.17) is 9.47 Å². The van der Waals surface area contributed by atoms with Crippen molar-refractivity contribution in [3.8, 4) is 17.2 Å². The summed E-state index contributed by atoms with van der Waals surface area (Å²) in [6, 6.07) is 19.3. The van der Waals surface area contributed by atoms with Crippen LogP contribution in [0.2, 0.25) is 0 Å². The van der Waals surface area contributed by atoms with E-state index in [0.717, 1.165) is 0 Å². The molecule has 0 aliphatic carbocycles. The van der Waals surface area contributed by atoms with E-state index in [-0.39, 0.29) is 18.3 Å². The maximum Gasteiger partial charge on any atom is 0.265 e. The lowest BCUT2D eigenvalue weighted by Gasteiger charge is -2.12. The van der Waals surface area contributed by atoms with Crippen LogP contribution < -0.4 is 20.3 Å². The van der Waals surface area contributed by atoms with Crippen molar-refractivity contribution in [2.24, 2.45) is 0 Å². The van der Waals surface area contributed by atoms with Crippen molar-refractivity contribution in [2.75, 3.05) is 12.1 Å². The molecular weight excluding hydrogens is 382 g/mol. The van der Waals surface area contributed by atoms with Crippen LogP contribution in [-0.4, -0.2) is 22.3 Å². The van der Waals surface area contributed by atoms with E-state index in [2.05, 4.69) is 10.3 Å². The van der Waals surface area contributed by atoms with Crippen LogP contribution in [-0.2, 0) is 0 Å². The lowest BCUT2D eigenvalue weighted by molar-refractivity contribution is 0.102. The van der Waals surface area contributed by atoms with Gasteiger partial charge in [0.2, 0.25) is 6.79 Å². The minimum Gasteiger partial charge on any atom is -0.454 e. The monoisotopic (exact) mass is 399 g/mol. The molecule has 5 rings (SSSR count). The van der Waals surface area contributed by atoms with Gasteiger partial charge < -0.3 is 14.8 Å². The second kappa shape index (κ2) is 7.04. The van der Waals surface area contributed by atoms with Crippen LogP contribution in [0.1, 0.15) is 16.2 Å². The van der Waals surface area contributed by atoms with Gasteiger partial charge in [0.1, 0.15) is 5.82 Å². The Morgan fingerprint density at radius 1 is 1.00 bits per heavy atom. The van der Waals surface area contributed by atoms with E-state index in [1.165, 1.54) is 0 Å². The third-order valence-corrected chi connectivity index (χ3v) is 4.96. The average molecular weight is 399 g/mol. The van der Waals surface area contributed by atoms with Gasteiger partial charge in [-0.25, -0.2) is 4.98 Å². The zero-order valence-corrected chi connectivity index (χ0v) is 16.1. The molecule has 1 aromatic heterocycles. The Bertz CT molecular complexity index is 1340. The highest BCUT2D eigenvalue weighted by Gasteiger charge is 2.15. The Morgan fingerprint density at radius 2 is 1.77 bits per heavy atom. The molecule has 0 unspecified atom stereocenters. The zero-order valence-electron chi connectivity index (χ0n) is 16.1. The number of hydrogen-bond acceptors (Lipinski definition) is 5. The number of amides is 1. The van der Waals surface area contributed by atoms with E-state index < -0.39 is 0 Å². The highest BCUT2D eigenvalue weighted by Crippen LogP contribution is 2.34. The van der Waals surface area contributed by atoms with E-state index in [9.17, 15) is 9.59 Å². The number of rotatable bonds is 3. The summed E-state index contributed by atoms with van der Waals surface area (Å²) in [4.78, 5) is 30.0. The van der Waals surface area contributed by atoms with Crippen molar-refractivity contribution in [1.29, 1.82) is 0 Å². The summed E-state index contributed by atoms with van der Waals surface area (Å²) in [7, 11) is 0. The molecule has 1 amide bonds. The molecule has 0 saturated carbocycles. The van der Waals surface area contributed by atoms with Crippen molar-refractivity contribution in [3.05, 3.63) is 88.5 Å². The van der Waals surface area contributed by atoms with Gasteiger partial charge in [-0.2, -0.15) is 0 Å². The minimum absolute atomic E-state index is 0.143. The molecule has 30 heavy (non-hydrogen) atoms. The van der Waals surface area contributed by atoms with E-state index >= 15 is 0 Å². The molecule has 2 heterocycles. The maximum absolute atomic E-state index is 12.9. The van der Waals surface area contributed by atoms with Crippen LogP contribution in [0.5, 0.6) is 11.5 Å². The second-order valence-corrected chi connectivity index (χ2v) is 6.89. The molecule has 1 N–H and O–H groups in total. The summed E-state index contributed by atoms with van der Waals surface area (Å²) < 4.78 is 12.2. The molecule has 0 atom stereocenters. The number of benzene rings is 3. The first-order valence-corrected chi connectivity index (χ1v) is 9.40. The number of aryl methyl sites for hydroxylation is 1. The summed E-state index contributed by atoms with van der Waals surface area (Å²) in [5.74, 6) is 1.57. The Labute approximate surface area is 171 Å². The summed E-state index contributed by atoms with van der Waals surface area (Å²) in [5, 5.41) is 3.39. The number of fused-ring (bicyclic) bond motifs is 2. The first-order valence-electron chi connectivity index (χ1n) is 9.40. The summed E-state index contributed by atoms with van der Waals surface area (Å²) in [5.41, 5.74) is 2.25. The average Bonchev–Trinajstić information content (AvgIpc) is 3.22. The lowest BCUT2D eigenvalue weighted by Crippen LogP contribution is -2.22. The standard InChI is InChI=1S/C23H17N3O4/c1-14-24-19-5-3-2-4-18(19)23(28)26(14)17-9-6-15(7-10-17)22(27)25-16-8-11-20-21(12-16)30-13-29-20/h2-12H,13H2,1H3,(H,25,27). The van der Waals surface area contributed by atoms with Gasteiger partial charge in [0.05, 0.1) is 16.6 Å². The molecule has 148 valence electrons. The predicted octanol–water partition coefficient (Wildman–Crippen LogP) is 3.68. The number of para-hydroxylation sites is 1. The molecule has 3 aromatic carbocycles. The van der Waals surface area contributed by atoms with Gasteiger partial charge in [0, 0.05) is 17.3 Å². The molecule has 7 heteroatoms. The fourth-order valence-electron chi connectivity index (χ4n) is 3.49. The third-order valence-electron chi connectivity index (χ3n) is 4.96. The minimum atomic E-state index is -0.263.